The number of para-hydroxylation sites is 1. The number of rotatable bonds is 6. The first kappa shape index (κ1) is 11.9. The monoisotopic (exact) mass is 276 g/mol. The fraction of sp³-hybridized carbons (Fsp3) is 0.455. The van der Waals surface area contributed by atoms with Crippen LogP contribution < -0.4 is 4.74 Å². The number of unbranched alkanes of at least 4 members (excludes halogenated alkanes) is 1. The van der Waals surface area contributed by atoms with Gasteiger partial charge in [-0.15, -0.1) is 11.6 Å². The molecule has 1 aromatic rings. The lowest BCUT2D eigenvalue weighted by molar-refractivity contribution is 0.306. The molecular weight excluding hydrogens is 263 g/mol. The Morgan fingerprint density at radius 3 is 2.57 bits per heavy atom. The lowest BCUT2D eigenvalue weighted by atomic mass is 10.3. The second-order valence-electron chi connectivity index (χ2n) is 3.05. The Morgan fingerprint density at radius 2 is 1.93 bits per heavy atom. The summed E-state index contributed by atoms with van der Waals surface area (Å²) >= 11 is 9.05. The van der Waals surface area contributed by atoms with Gasteiger partial charge in [-0.25, -0.2) is 0 Å². The van der Waals surface area contributed by atoms with Gasteiger partial charge in [-0.2, -0.15) is 0 Å². The number of halogens is 2. The summed E-state index contributed by atoms with van der Waals surface area (Å²) < 4.78 is 5.63. The normalized spacial score (nSPS) is 12.4. The number of benzene rings is 1. The molecule has 0 heterocycles. The maximum absolute atomic E-state index is 5.75. The van der Waals surface area contributed by atoms with Crippen LogP contribution in [0.5, 0.6) is 5.75 Å². The summed E-state index contributed by atoms with van der Waals surface area (Å²) in [6, 6.07) is 9.87. The van der Waals surface area contributed by atoms with E-state index in [9.17, 15) is 0 Å². The average molecular weight is 278 g/mol. The third-order valence-corrected chi connectivity index (χ3v) is 2.50. The van der Waals surface area contributed by atoms with Gasteiger partial charge in [0.2, 0.25) is 0 Å². The molecule has 1 rings (SSSR count). The van der Waals surface area contributed by atoms with Gasteiger partial charge < -0.3 is 4.74 Å². The molecule has 0 spiro atoms. The van der Waals surface area contributed by atoms with Gasteiger partial charge in [0.25, 0.3) is 0 Å². The molecule has 0 aliphatic rings. The summed E-state index contributed by atoms with van der Waals surface area (Å²) in [4.78, 5) is 0. The summed E-state index contributed by atoms with van der Waals surface area (Å²) in [5, 5.41) is 0. The molecule has 0 aliphatic carbocycles. The van der Waals surface area contributed by atoms with Crippen molar-refractivity contribution in [3.63, 3.8) is 0 Å². The Kier molecular flexibility index (Phi) is 6.04. The molecule has 14 heavy (non-hydrogen) atoms. The highest BCUT2D eigenvalue weighted by molar-refractivity contribution is 9.10. The Balaban J connectivity index is 2.05. The summed E-state index contributed by atoms with van der Waals surface area (Å²) in [5.41, 5.74) is 0. The van der Waals surface area contributed by atoms with Crippen LogP contribution in [-0.2, 0) is 0 Å². The van der Waals surface area contributed by atoms with Crippen LogP contribution in [0.1, 0.15) is 19.3 Å². The van der Waals surface area contributed by atoms with Gasteiger partial charge in [-0.1, -0.05) is 34.1 Å². The maximum Gasteiger partial charge on any atom is 0.119 e. The van der Waals surface area contributed by atoms with Gasteiger partial charge in [0, 0.05) is 0 Å². The zero-order valence-corrected chi connectivity index (χ0v) is 10.3. The van der Waals surface area contributed by atoms with E-state index in [0.717, 1.165) is 31.6 Å². The summed E-state index contributed by atoms with van der Waals surface area (Å²) in [5.74, 6) is 0.939. The van der Waals surface area contributed by atoms with E-state index in [1.165, 1.54) is 0 Å². The van der Waals surface area contributed by atoms with Gasteiger partial charge in [0.1, 0.15) is 5.75 Å². The first-order valence-electron chi connectivity index (χ1n) is 4.75. The Bertz CT molecular complexity index is 238. The lowest BCUT2D eigenvalue weighted by Gasteiger charge is -2.05. The number of hydrogen-bond acceptors (Lipinski definition) is 1. The molecule has 0 radical (unpaired) electrons. The fourth-order valence-corrected chi connectivity index (χ4v) is 1.59. The van der Waals surface area contributed by atoms with Crippen molar-refractivity contribution in [1.82, 2.24) is 0 Å². The quantitative estimate of drug-likeness (QED) is 0.559. The number of hydrogen-bond donors (Lipinski definition) is 0. The predicted molar refractivity (Wildman–Crippen MR) is 64.4 cm³/mol. The van der Waals surface area contributed by atoms with Crippen LogP contribution >= 0.6 is 27.5 Å². The highest BCUT2D eigenvalue weighted by Gasteiger charge is 1.97. The maximum atomic E-state index is 5.75. The van der Waals surface area contributed by atoms with E-state index >= 15 is 0 Å². The SMILES string of the molecule is ClC(Br)CCCCOc1ccccc1. The van der Waals surface area contributed by atoms with E-state index in [1.807, 2.05) is 30.3 Å². The third kappa shape index (κ3) is 5.51. The molecule has 0 aromatic heterocycles. The minimum atomic E-state index is 0.0965. The van der Waals surface area contributed by atoms with Gasteiger partial charge in [0.15, 0.2) is 0 Å². The van der Waals surface area contributed by atoms with Crippen LogP contribution in [0.3, 0.4) is 0 Å². The molecule has 1 nitrogen and oxygen atoms in total. The van der Waals surface area contributed by atoms with Crippen molar-refractivity contribution in [2.75, 3.05) is 6.61 Å². The fourth-order valence-electron chi connectivity index (χ4n) is 1.11. The van der Waals surface area contributed by atoms with E-state index < -0.39 is 0 Å². The molecular formula is C11H14BrClO. The topological polar surface area (TPSA) is 9.23 Å². The third-order valence-electron chi connectivity index (χ3n) is 1.83. The summed E-state index contributed by atoms with van der Waals surface area (Å²) in [6.07, 6.45) is 3.12. The second kappa shape index (κ2) is 7.13. The Hall–Kier alpha value is -0.210. The molecule has 3 heteroatoms. The predicted octanol–water partition coefficient (Wildman–Crippen LogP) is 4.20. The van der Waals surface area contributed by atoms with E-state index in [2.05, 4.69) is 15.9 Å². The van der Waals surface area contributed by atoms with Crippen LogP contribution in [0.2, 0.25) is 0 Å². The van der Waals surface area contributed by atoms with Crippen molar-refractivity contribution in [3.8, 4) is 5.75 Å². The summed E-state index contributed by atoms with van der Waals surface area (Å²) in [6.45, 7) is 0.765. The average Bonchev–Trinajstić information content (AvgIpc) is 2.18. The number of ether oxygens (including phenoxy) is 1. The zero-order valence-electron chi connectivity index (χ0n) is 7.96. The van der Waals surface area contributed by atoms with Crippen molar-refractivity contribution in [2.24, 2.45) is 0 Å². The second-order valence-corrected chi connectivity index (χ2v) is 5.21. The van der Waals surface area contributed by atoms with Crippen LogP contribution in [0.15, 0.2) is 30.3 Å². The largest absolute Gasteiger partial charge is 0.494 e. The molecule has 0 aliphatic heterocycles. The van der Waals surface area contributed by atoms with E-state index in [-0.39, 0.29) is 4.29 Å². The molecule has 78 valence electrons. The molecule has 1 atom stereocenters. The molecule has 0 saturated carbocycles. The van der Waals surface area contributed by atoms with Gasteiger partial charge in [-0.3, -0.25) is 0 Å². The molecule has 0 amide bonds. The zero-order chi connectivity index (χ0) is 10.2. The first-order valence-corrected chi connectivity index (χ1v) is 6.10. The van der Waals surface area contributed by atoms with Crippen molar-refractivity contribution < 1.29 is 4.74 Å². The molecule has 0 bridgehead atoms. The number of alkyl halides is 2. The van der Waals surface area contributed by atoms with Crippen molar-refractivity contribution in [3.05, 3.63) is 30.3 Å². The molecule has 0 N–H and O–H groups in total. The Labute approximate surface area is 98.5 Å². The van der Waals surface area contributed by atoms with E-state index in [0.29, 0.717) is 0 Å². The van der Waals surface area contributed by atoms with Gasteiger partial charge in [-0.05, 0) is 31.4 Å². The molecule has 0 fully saturated rings. The van der Waals surface area contributed by atoms with Crippen molar-refractivity contribution >= 4 is 27.5 Å². The minimum absolute atomic E-state index is 0.0965. The lowest BCUT2D eigenvalue weighted by Crippen LogP contribution is -1.98. The standard InChI is InChI=1S/C11H14BrClO/c12-11(13)8-4-5-9-14-10-6-2-1-3-7-10/h1-3,6-7,11H,4-5,8-9H2. The van der Waals surface area contributed by atoms with Gasteiger partial charge in [0.05, 0.1) is 10.9 Å². The molecule has 1 unspecified atom stereocenters. The highest BCUT2D eigenvalue weighted by atomic mass is 79.9. The highest BCUT2D eigenvalue weighted by Crippen LogP contribution is 2.14. The van der Waals surface area contributed by atoms with Crippen molar-refractivity contribution in [1.29, 1.82) is 0 Å². The minimum Gasteiger partial charge on any atom is -0.494 e. The van der Waals surface area contributed by atoms with Crippen LogP contribution in [-0.4, -0.2) is 10.9 Å². The first-order chi connectivity index (χ1) is 6.79. The van der Waals surface area contributed by atoms with Gasteiger partial charge >= 0.3 is 0 Å². The Morgan fingerprint density at radius 1 is 1.21 bits per heavy atom. The van der Waals surface area contributed by atoms with Crippen LogP contribution in [0.4, 0.5) is 0 Å². The smallest absolute Gasteiger partial charge is 0.119 e. The molecule has 0 saturated heterocycles. The van der Waals surface area contributed by atoms with E-state index in [4.69, 9.17) is 16.3 Å². The van der Waals surface area contributed by atoms with Crippen LogP contribution in [0.25, 0.3) is 0 Å². The van der Waals surface area contributed by atoms with Crippen LogP contribution in [0, 0.1) is 0 Å². The van der Waals surface area contributed by atoms with E-state index in [1.54, 1.807) is 0 Å². The molecule has 1 aromatic carbocycles. The summed E-state index contributed by atoms with van der Waals surface area (Å²) in [7, 11) is 0. The van der Waals surface area contributed by atoms with Crippen molar-refractivity contribution in [2.45, 2.75) is 23.5 Å².